The largest absolute Gasteiger partial charge is 0.339 e. The Bertz CT molecular complexity index is 437. The fourth-order valence-corrected chi connectivity index (χ4v) is 2.98. The van der Waals surface area contributed by atoms with Crippen LogP contribution in [0.2, 0.25) is 0 Å². The highest BCUT2D eigenvalue weighted by molar-refractivity contribution is 5.76. The number of nitrogens with zero attached hydrogens (tertiary/aromatic N) is 1. The first-order chi connectivity index (χ1) is 9.58. The Morgan fingerprint density at radius 1 is 1.30 bits per heavy atom. The Morgan fingerprint density at radius 3 is 2.50 bits per heavy atom. The zero-order chi connectivity index (χ0) is 14.5. The molecule has 1 unspecified atom stereocenters. The predicted molar refractivity (Wildman–Crippen MR) is 78.8 cm³/mol. The van der Waals surface area contributed by atoms with Gasteiger partial charge in [0.25, 0.3) is 0 Å². The van der Waals surface area contributed by atoms with E-state index in [0.29, 0.717) is 6.42 Å². The van der Waals surface area contributed by atoms with Crippen molar-refractivity contribution in [3.8, 4) is 0 Å². The van der Waals surface area contributed by atoms with Crippen LogP contribution in [-0.2, 0) is 4.79 Å². The molecular weight excluding hydrogens is 253 g/mol. The van der Waals surface area contributed by atoms with Crippen molar-refractivity contribution >= 4 is 5.91 Å². The maximum atomic E-state index is 12.9. The molecule has 1 aliphatic rings. The highest BCUT2D eigenvalue weighted by atomic mass is 19.1. The smallest absolute Gasteiger partial charge is 0.222 e. The molecule has 110 valence electrons. The van der Waals surface area contributed by atoms with E-state index in [9.17, 15) is 9.18 Å². The van der Waals surface area contributed by atoms with Gasteiger partial charge in [-0.3, -0.25) is 4.79 Å². The number of halogens is 1. The van der Waals surface area contributed by atoms with E-state index >= 15 is 0 Å². The number of hydrogen-bond acceptors (Lipinski definition) is 1. The lowest BCUT2D eigenvalue weighted by Gasteiger charge is -2.26. The number of amides is 1. The molecule has 0 aromatic heterocycles. The van der Waals surface area contributed by atoms with Gasteiger partial charge in [0.2, 0.25) is 5.91 Å². The highest BCUT2D eigenvalue weighted by Gasteiger charge is 2.20. The van der Waals surface area contributed by atoms with Crippen LogP contribution < -0.4 is 0 Å². The Labute approximate surface area is 121 Å². The summed E-state index contributed by atoms with van der Waals surface area (Å²) in [7, 11) is 1.84. The number of rotatable bonds is 5. The lowest BCUT2D eigenvalue weighted by Crippen LogP contribution is -2.29. The SMILES string of the molecule is CC(c1ccc(F)cc1)N(C)C(=O)CCC1CCCC1. The Morgan fingerprint density at radius 2 is 1.90 bits per heavy atom. The normalized spacial score (nSPS) is 17.1. The van der Waals surface area contributed by atoms with Gasteiger partial charge in [0, 0.05) is 13.5 Å². The monoisotopic (exact) mass is 277 g/mol. The van der Waals surface area contributed by atoms with Gasteiger partial charge >= 0.3 is 0 Å². The third kappa shape index (κ3) is 3.81. The van der Waals surface area contributed by atoms with Crippen LogP contribution >= 0.6 is 0 Å². The number of carbonyl (C=O) groups is 1. The molecule has 1 saturated carbocycles. The third-order valence-corrected chi connectivity index (χ3v) is 4.57. The minimum Gasteiger partial charge on any atom is -0.339 e. The van der Waals surface area contributed by atoms with E-state index < -0.39 is 0 Å². The van der Waals surface area contributed by atoms with Crippen LogP contribution in [0, 0.1) is 11.7 Å². The molecule has 0 radical (unpaired) electrons. The van der Waals surface area contributed by atoms with Crippen LogP contribution in [0.1, 0.15) is 57.1 Å². The molecule has 1 aliphatic carbocycles. The quantitative estimate of drug-likeness (QED) is 0.785. The van der Waals surface area contributed by atoms with E-state index in [0.717, 1.165) is 17.9 Å². The molecule has 1 fully saturated rings. The van der Waals surface area contributed by atoms with Gasteiger partial charge < -0.3 is 4.90 Å². The average Bonchev–Trinajstić information content (AvgIpc) is 2.97. The molecule has 1 aromatic rings. The van der Waals surface area contributed by atoms with Gasteiger partial charge in [-0.25, -0.2) is 4.39 Å². The minimum absolute atomic E-state index is 0.00771. The van der Waals surface area contributed by atoms with E-state index in [1.165, 1.54) is 37.8 Å². The lowest BCUT2D eigenvalue weighted by atomic mass is 10.0. The van der Waals surface area contributed by atoms with E-state index in [4.69, 9.17) is 0 Å². The maximum Gasteiger partial charge on any atom is 0.222 e. The summed E-state index contributed by atoms with van der Waals surface area (Å²) in [5, 5.41) is 0. The van der Waals surface area contributed by atoms with Crippen LogP contribution in [0.15, 0.2) is 24.3 Å². The molecule has 1 atom stereocenters. The second kappa shape index (κ2) is 6.87. The molecule has 0 aliphatic heterocycles. The minimum atomic E-state index is -0.240. The Balaban J connectivity index is 1.86. The van der Waals surface area contributed by atoms with Crippen LogP contribution in [0.4, 0.5) is 4.39 Å². The number of benzene rings is 1. The summed E-state index contributed by atoms with van der Waals surface area (Å²) >= 11 is 0. The molecular formula is C17H24FNO. The van der Waals surface area contributed by atoms with Crippen LogP contribution in [0.25, 0.3) is 0 Å². The summed E-state index contributed by atoms with van der Waals surface area (Å²) in [5.41, 5.74) is 0.975. The number of hydrogen-bond donors (Lipinski definition) is 0. The van der Waals surface area contributed by atoms with Crippen molar-refractivity contribution in [1.29, 1.82) is 0 Å². The average molecular weight is 277 g/mol. The topological polar surface area (TPSA) is 20.3 Å². The summed E-state index contributed by atoms with van der Waals surface area (Å²) in [6.07, 6.45) is 6.85. The van der Waals surface area contributed by atoms with Gasteiger partial charge in [0.1, 0.15) is 5.82 Å². The van der Waals surface area contributed by atoms with Crippen molar-refractivity contribution in [1.82, 2.24) is 4.90 Å². The van der Waals surface area contributed by atoms with Crippen molar-refractivity contribution in [2.45, 2.75) is 51.5 Å². The lowest BCUT2D eigenvalue weighted by molar-refractivity contribution is -0.132. The van der Waals surface area contributed by atoms with E-state index in [1.807, 2.05) is 14.0 Å². The van der Waals surface area contributed by atoms with E-state index in [1.54, 1.807) is 17.0 Å². The Kier molecular flexibility index (Phi) is 5.16. The fourth-order valence-electron chi connectivity index (χ4n) is 2.98. The molecule has 20 heavy (non-hydrogen) atoms. The van der Waals surface area contributed by atoms with E-state index in [-0.39, 0.29) is 17.8 Å². The van der Waals surface area contributed by atoms with Crippen LogP contribution in [0.3, 0.4) is 0 Å². The number of carbonyl (C=O) groups excluding carboxylic acids is 1. The molecule has 0 bridgehead atoms. The van der Waals surface area contributed by atoms with E-state index in [2.05, 4.69) is 0 Å². The summed E-state index contributed by atoms with van der Waals surface area (Å²) in [5.74, 6) is 0.693. The van der Waals surface area contributed by atoms with Gasteiger partial charge in [-0.2, -0.15) is 0 Å². The summed E-state index contributed by atoms with van der Waals surface area (Å²) < 4.78 is 12.9. The van der Waals surface area contributed by atoms with Gasteiger partial charge in [-0.1, -0.05) is 37.8 Å². The van der Waals surface area contributed by atoms with Crippen molar-refractivity contribution in [2.75, 3.05) is 7.05 Å². The van der Waals surface area contributed by atoms with Crippen LogP contribution in [-0.4, -0.2) is 17.9 Å². The van der Waals surface area contributed by atoms with Gasteiger partial charge in [0.15, 0.2) is 0 Å². The molecule has 0 heterocycles. The first-order valence-electron chi connectivity index (χ1n) is 7.59. The molecule has 2 nitrogen and oxygen atoms in total. The molecule has 0 saturated heterocycles. The molecule has 1 aromatic carbocycles. The van der Waals surface area contributed by atoms with Crippen molar-refractivity contribution in [3.05, 3.63) is 35.6 Å². The molecule has 0 N–H and O–H groups in total. The summed E-state index contributed by atoms with van der Waals surface area (Å²) in [6, 6.07) is 6.39. The highest BCUT2D eigenvalue weighted by Crippen LogP contribution is 2.29. The Hall–Kier alpha value is -1.38. The standard InChI is InChI=1S/C17H24FNO/c1-13(15-8-10-16(18)11-9-15)19(2)17(20)12-7-14-5-3-4-6-14/h8-11,13-14H,3-7,12H2,1-2H3. The van der Waals surface area contributed by atoms with Gasteiger partial charge in [-0.05, 0) is 37.0 Å². The summed E-state index contributed by atoms with van der Waals surface area (Å²) in [6.45, 7) is 1.99. The second-order valence-corrected chi connectivity index (χ2v) is 5.92. The van der Waals surface area contributed by atoms with Gasteiger partial charge in [-0.15, -0.1) is 0 Å². The third-order valence-electron chi connectivity index (χ3n) is 4.57. The van der Waals surface area contributed by atoms with Crippen molar-refractivity contribution in [2.24, 2.45) is 5.92 Å². The zero-order valence-electron chi connectivity index (χ0n) is 12.4. The first kappa shape index (κ1) is 15.0. The first-order valence-corrected chi connectivity index (χ1v) is 7.59. The molecule has 1 amide bonds. The predicted octanol–water partition coefficient (Wildman–Crippen LogP) is 4.32. The molecule has 0 spiro atoms. The van der Waals surface area contributed by atoms with Gasteiger partial charge in [0.05, 0.1) is 6.04 Å². The maximum absolute atomic E-state index is 12.9. The molecule has 3 heteroatoms. The zero-order valence-corrected chi connectivity index (χ0v) is 12.4. The van der Waals surface area contributed by atoms with Crippen LogP contribution in [0.5, 0.6) is 0 Å². The second-order valence-electron chi connectivity index (χ2n) is 5.92. The van der Waals surface area contributed by atoms with Crippen molar-refractivity contribution in [3.63, 3.8) is 0 Å². The summed E-state index contributed by atoms with van der Waals surface area (Å²) in [4.78, 5) is 14.0. The molecule has 2 rings (SSSR count). The fraction of sp³-hybridized carbons (Fsp3) is 0.588. The van der Waals surface area contributed by atoms with Crippen molar-refractivity contribution < 1.29 is 9.18 Å².